The summed E-state index contributed by atoms with van der Waals surface area (Å²) in [4.78, 5) is 6.66. The number of pyridine rings is 1. The summed E-state index contributed by atoms with van der Waals surface area (Å²) in [6.45, 7) is 1.18. The Morgan fingerprint density at radius 2 is 2.36 bits per heavy atom. The van der Waals surface area contributed by atoms with Crippen molar-refractivity contribution in [3.63, 3.8) is 0 Å². The van der Waals surface area contributed by atoms with Crippen molar-refractivity contribution < 1.29 is 0 Å². The molecule has 0 bridgehead atoms. The van der Waals surface area contributed by atoms with E-state index in [0.29, 0.717) is 11.2 Å². The molecule has 0 radical (unpaired) electrons. The Hall–Kier alpha value is 0.130. The van der Waals surface area contributed by atoms with Crippen LogP contribution in [0.25, 0.3) is 0 Å². The Kier molecular flexibility index (Phi) is 3.29. The van der Waals surface area contributed by atoms with Gasteiger partial charge in [-0.05, 0) is 55.1 Å². The van der Waals surface area contributed by atoms with Gasteiger partial charge in [0.25, 0.3) is 0 Å². The molecule has 1 fully saturated rings. The third kappa shape index (κ3) is 2.04. The van der Waals surface area contributed by atoms with Crippen LogP contribution in [0, 0.1) is 3.70 Å². The predicted octanol–water partition coefficient (Wildman–Crippen LogP) is 3.11. The van der Waals surface area contributed by atoms with Crippen molar-refractivity contribution in [2.24, 2.45) is 0 Å². The maximum atomic E-state index is 5.83. The van der Waals surface area contributed by atoms with E-state index in [-0.39, 0.29) is 0 Å². The van der Waals surface area contributed by atoms with Crippen molar-refractivity contribution in [3.8, 4) is 0 Å². The van der Waals surface area contributed by atoms with Crippen LogP contribution in [-0.2, 0) is 0 Å². The number of nitrogens with zero attached hydrogens (tertiary/aromatic N) is 2. The summed E-state index contributed by atoms with van der Waals surface area (Å²) >= 11 is 8.09. The average Bonchev–Trinajstić information content (AvgIpc) is 2.52. The van der Waals surface area contributed by atoms with Gasteiger partial charge in [0.05, 0.1) is 0 Å². The van der Waals surface area contributed by atoms with Gasteiger partial charge >= 0.3 is 0 Å². The number of halogens is 2. The Balaban J connectivity index is 2.31. The summed E-state index contributed by atoms with van der Waals surface area (Å²) in [7, 11) is 2.17. The fraction of sp³-hybridized carbons (Fsp3) is 0.500. The van der Waals surface area contributed by atoms with Gasteiger partial charge in [-0.2, -0.15) is 0 Å². The minimum absolute atomic E-state index is 0.534. The first-order chi connectivity index (χ1) is 6.68. The first-order valence-electron chi connectivity index (χ1n) is 4.70. The third-order valence-electron chi connectivity index (χ3n) is 2.72. The van der Waals surface area contributed by atoms with E-state index in [1.807, 2.05) is 6.07 Å². The van der Waals surface area contributed by atoms with Gasteiger partial charge in [0.1, 0.15) is 8.85 Å². The molecule has 1 aromatic heterocycles. The van der Waals surface area contributed by atoms with Crippen LogP contribution in [0.1, 0.15) is 24.4 Å². The summed E-state index contributed by atoms with van der Waals surface area (Å²) in [6, 6.07) is 4.51. The zero-order valence-electron chi connectivity index (χ0n) is 8.00. The zero-order valence-corrected chi connectivity index (χ0v) is 10.9. The number of hydrogen-bond acceptors (Lipinski definition) is 2. The predicted molar refractivity (Wildman–Crippen MR) is 66.6 cm³/mol. The summed E-state index contributed by atoms with van der Waals surface area (Å²) in [6.07, 6.45) is 2.51. The topological polar surface area (TPSA) is 16.1 Å². The molecule has 1 aromatic rings. The third-order valence-corrected chi connectivity index (χ3v) is 3.80. The molecule has 1 aliphatic rings. The van der Waals surface area contributed by atoms with E-state index in [1.54, 1.807) is 0 Å². The van der Waals surface area contributed by atoms with E-state index in [1.165, 1.54) is 24.9 Å². The molecule has 0 aliphatic carbocycles. The lowest BCUT2D eigenvalue weighted by molar-refractivity contribution is 0.316. The fourth-order valence-corrected chi connectivity index (χ4v) is 3.06. The van der Waals surface area contributed by atoms with Gasteiger partial charge in [0.2, 0.25) is 0 Å². The van der Waals surface area contributed by atoms with Crippen LogP contribution in [0.15, 0.2) is 12.1 Å². The lowest BCUT2D eigenvalue weighted by atomic mass is 10.1. The Morgan fingerprint density at radius 1 is 1.57 bits per heavy atom. The molecular weight excluding hydrogens is 310 g/mol. The average molecular weight is 323 g/mol. The highest BCUT2D eigenvalue weighted by molar-refractivity contribution is 14.1. The molecule has 14 heavy (non-hydrogen) atoms. The molecule has 0 unspecified atom stereocenters. The van der Waals surface area contributed by atoms with Gasteiger partial charge in [0, 0.05) is 11.6 Å². The second kappa shape index (κ2) is 4.33. The Labute approximate surface area is 103 Å². The maximum absolute atomic E-state index is 5.83. The first-order valence-corrected chi connectivity index (χ1v) is 6.16. The highest BCUT2D eigenvalue weighted by Gasteiger charge is 2.24. The Bertz CT molecular complexity index is 343. The number of likely N-dealkylation sites (tertiary alicyclic amines) is 1. The van der Waals surface area contributed by atoms with Crippen LogP contribution in [0.4, 0.5) is 0 Å². The van der Waals surface area contributed by atoms with Crippen molar-refractivity contribution in [2.45, 2.75) is 18.9 Å². The molecule has 0 spiro atoms. The van der Waals surface area contributed by atoms with Crippen molar-refractivity contribution in [2.75, 3.05) is 13.6 Å². The minimum atomic E-state index is 0.534. The molecule has 2 heterocycles. The van der Waals surface area contributed by atoms with Gasteiger partial charge in [-0.15, -0.1) is 0 Å². The number of aromatic nitrogens is 1. The molecule has 76 valence electrons. The van der Waals surface area contributed by atoms with Crippen molar-refractivity contribution in [1.29, 1.82) is 0 Å². The molecular formula is C10H12ClIN2. The molecule has 4 heteroatoms. The second-order valence-electron chi connectivity index (χ2n) is 3.65. The SMILES string of the molecule is CN1CCC[C@H]1c1ccc(Cl)nc1I. The molecule has 2 rings (SSSR count). The van der Waals surface area contributed by atoms with Gasteiger partial charge in [0.15, 0.2) is 0 Å². The van der Waals surface area contributed by atoms with E-state index in [0.717, 1.165) is 3.70 Å². The van der Waals surface area contributed by atoms with E-state index in [2.05, 4.69) is 45.6 Å². The largest absolute Gasteiger partial charge is 0.299 e. The zero-order chi connectivity index (χ0) is 10.1. The second-order valence-corrected chi connectivity index (χ2v) is 5.06. The van der Waals surface area contributed by atoms with Crippen molar-refractivity contribution in [3.05, 3.63) is 26.5 Å². The monoisotopic (exact) mass is 322 g/mol. The molecule has 1 aliphatic heterocycles. The maximum Gasteiger partial charge on any atom is 0.130 e. The molecule has 2 nitrogen and oxygen atoms in total. The van der Waals surface area contributed by atoms with Crippen LogP contribution in [0.3, 0.4) is 0 Å². The van der Waals surface area contributed by atoms with Gasteiger partial charge < -0.3 is 0 Å². The lowest BCUT2D eigenvalue weighted by Crippen LogP contribution is -2.18. The van der Waals surface area contributed by atoms with E-state index < -0.39 is 0 Å². The molecule has 0 N–H and O–H groups in total. The molecule has 0 saturated carbocycles. The standard InChI is InChI=1S/C10H12ClIN2/c1-14-6-2-3-8(14)7-4-5-9(11)13-10(7)12/h4-5,8H,2-3,6H2,1H3/t8-/m0/s1. The smallest absolute Gasteiger partial charge is 0.130 e. The van der Waals surface area contributed by atoms with Crippen LogP contribution < -0.4 is 0 Å². The van der Waals surface area contributed by atoms with Crippen molar-refractivity contribution >= 4 is 34.2 Å². The van der Waals surface area contributed by atoms with E-state index >= 15 is 0 Å². The Morgan fingerprint density at radius 3 is 2.93 bits per heavy atom. The van der Waals surface area contributed by atoms with Gasteiger partial charge in [-0.1, -0.05) is 17.7 Å². The summed E-state index contributed by atoms with van der Waals surface area (Å²) in [5, 5.41) is 0.582. The quantitative estimate of drug-likeness (QED) is 0.583. The normalized spacial score (nSPS) is 22.9. The summed E-state index contributed by atoms with van der Waals surface area (Å²) in [5.41, 5.74) is 1.31. The number of hydrogen-bond donors (Lipinski definition) is 0. The van der Waals surface area contributed by atoms with E-state index in [9.17, 15) is 0 Å². The minimum Gasteiger partial charge on any atom is -0.299 e. The highest BCUT2D eigenvalue weighted by Crippen LogP contribution is 2.32. The fourth-order valence-electron chi connectivity index (χ4n) is 1.97. The lowest BCUT2D eigenvalue weighted by Gasteiger charge is -2.20. The van der Waals surface area contributed by atoms with Gasteiger partial charge in [-0.25, -0.2) is 4.98 Å². The molecule has 0 amide bonds. The molecule has 1 saturated heterocycles. The number of rotatable bonds is 1. The highest BCUT2D eigenvalue weighted by atomic mass is 127. The van der Waals surface area contributed by atoms with Crippen molar-refractivity contribution in [1.82, 2.24) is 9.88 Å². The first kappa shape index (κ1) is 10.6. The van der Waals surface area contributed by atoms with Crippen LogP contribution >= 0.6 is 34.2 Å². The molecule has 1 atom stereocenters. The summed E-state index contributed by atoms with van der Waals surface area (Å²) < 4.78 is 1.04. The van der Waals surface area contributed by atoms with Gasteiger partial charge in [-0.3, -0.25) is 4.90 Å². The van der Waals surface area contributed by atoms with Crippen LogP contribution in [0.2, 0.25) is 5.15 Å². The summed E-state index contributed by atoms with van der Waals surface area (Å²) in [5.74, 6) is 0. The van der Waals surface area contributed by atoms with E-state index in [4.69, 9.17) is 11.6 Å². The molecule has 0 aromatic carbocycles. The van der Waals surface area contributed by atoms with Crippen LogP contribution in [-0.4, -0.2) is 23.5 Å². The van der Waals surface area contributed by atoms with Crippen LogP contribution in [0.5, 0.6) is 0 Å².